The number of nitrogens with one attached hydrogen (secondary N) is 1. The zero-order valence-corrected chi connectivity index (χ0v) is 17.1. The Bertz CT molecular complexity index is 1310. The first kappa shape index (κ1) is 19.7. The average molecular weight is 428 g/mol. The molecule has 0 saturated heterocycles. The highest BCUT2D eigenvalue weighted by Crippen LogP contribution is 2.26. The van der Waals surface area contributed by atoms with Gasteiger partial charge in [-0.3, -0.25) is 14.9 Å². The lowest BCUT2D eigenvalue weighted by Gasteiger charge is -2.16. The van der Waals surface area contributed by atoms with Crippen molar-refractivity contribution in [2.45, 2.75) is 25.8 Å². The summed E-state index contributed by atoms with van der Waals surface area (Å²) >= 11 is 0. The third-order valence-corrected chi connectivity index (χ3v) is 5.53. The monoisotopic (exact) mass is 428 g/mol. The fourth-order valence-corrected chi connectivity index (χ4v) is 3.90. The molecular weight excluding hydrogens is 408 g/mol. The summed E-state index contributed by atoms with van der Waals surface area (Å²) in [5.74, 6) is 0.591. The van der Waals surface area contributed by atoms with Gasteiger partial charge in [-0.25, -0.2) is 9.67 Å². The maximum atomic E-state index is 12.6. The summed E-state index contributed by atoms with van der Waals surface area (Å²) in [5, 5.41) is 18.1. The van der Waals surface area contributed by atoms with Crippen LogP contribution in [0.25, 0.3) is 17.1 Å². The molecule has 5 rings (SSSR count). The van der Waals surface area contributed by atoms with Crippen molar-refractivity contribution in [3.05, 3.63) is 88.5 Å². The van der Waals surface area contributed by atoms with Crippen LogP contribution in [-0.2, 0) is 13.0 Å². The molecule has 2 aromatic heterocycles. The van der Waals surface area contributed by atoms with E-state index in [9.17, 15) is 14.9 Å². The first-order valence-electron chi connectivity index (χ1n) is 10.4. The van der Waals surface area contributed by atoms with Crippen molar-refractivity contribution in [3.8, 4) is 17.1 Å². The van der Waals surface area contributed by atoms with Crippen LogP contribution in [0.5, 0.6) is 0 Å². The number of carbonyl (C=O) groups is 1. The van der Waals surface area contributed by atoms with Crippen molar-refractivity contribution in [3.63, 3.8) is 0 Å². The summed E-state index contributed by atoms with van der Waals surface area (Å²) in [6.07, 6.45) is 6.96. The van der Waals surface area contributed by atoms with Gasteiger partial charge in [-0.05, 0) is 55.7 Å². The molecule has 32 heavy (non-hydrogen) atoms. The molecule has 0 aliphatic carbocycles. The molecule has 0 bridgehead atoms. The molecule has 2 aromatic carbocycles. The molecular formula is C23H20N6O3. The van der Waals surface area contributed by atoms with E-state index in [1.54, 1.807) is 24.4 Å². The number of non-ortho nitro benzene ring substituents is 1. The van der Waals surface area contributed by atoms with E-state index >= 15 is 0 Å². The van der Waals surface area contributed by atoms with E-state index in [4.69, 9.17) is 0 Å². The number of amides is 1. The predicted octanol–water partition coefficient (Wildman–Crippen LogP) is 4.23. The van der Waals surface area contributed by atoms with Gasteiger partial charge in [0.1, 0.15) is 5.82 Å². The van der Waals surface area contributed by atoms with Crippen LogP contribution in [0.2, 0.25) is 0 Å². The van der Waals surface area contributed by atoms with Crippen LogP contribution in [0.4, 0.5) is 11.4 Å². The Morgan fingerprint density at radius 3 is 2.75 bits per heavy atom. The summed E-state index contributed by atoms with van der Waals surface area (Å²) < 4.78 is 3.70. The molecule has 0 fully saturated rings. The highest BCUT2D eigenvalue weighted by atomic mass is 16.6. The van der Waals surface area contributed by atoms with E-state index < -0.39 is 4.92 Å². The van der Waals surface area contributed by atoms with Crippen LogP contribution in [0, 0.1) is 10.1 Å². The highest BCUT2D eigenvalue weighted by molar-refractivity contribution is 6.02. The Balaban J connectivity index is 1.30. The zero-order valence-electron chi connectivity index (χ0n) is 17.1. The second-order valence-electron chi connectivity index (χ2n) is 7.64. The molecule has 160 valence electrons. The number of nitro benzene ring substituents is 1. The van der Waals surface area contributed by atoms with Crippen LogP contribution >= 0.6 is 0 Å². The topological polar surface area (TPSA) is 108 Å². The number of hydrogen-bond donors (Lipinski definition) is 1. The Morgan fingerprint density at radius 2 is 1.94 bits per heavy atom. The van der Waals surface area contributed by atoms with Crippen LogP contribution in [0.3, 0.4) is 0 Å². The molecule has 9 nitrogen and oxygen atoms in total. The number of benzene rings is 2. The molecule has 0 atom stereocenters. The SMILES string of the molecule is O=C(Nc1ccc(-c2ncc3n2CCCC3)cc1)c1ccn(-c2cccc([N+](=O)[O-])c2)n1. The van der Waals surface area contributed by atoms with E-state index in [0.29, 0.717) is 11.4 Å². The number of rotatable bonds is 5. The maximum absolute atomic E-state index is 12.6. The van der Waals surface area contributed by atoms with Gasteiger partial charge in [-0.2, -0.15) is 5.10 Å². The second-order valence-corrected chi connectivity index (χ2v) is 7.64. The van der Waals surface area contributed by atoms with Gasteiger partial charge in [0.05, 0.1) is 10.6 Å². The lowest BCUT2D eigenvalue weighted by Crippen LogP contribution is -2.13. The molecule has 0 saturated carbocycles. The number of hydrogen-bond acceptors (Lipinski definition) is 5. The number of fused-ring (bicyclic) bond motifs is 1. The molecule has 0 radical (unpaired) electrons. The third-order valence-electron chi connectivity index (χ3n) is 5.53. The van der Waals surface area contributed by atoms with Gasteiger partial charge in [0.2, 0.25) is 0 Å². The van der Waals surface area contributed by atoms with Crippen LogP contribution in [-0.4, -0.2) is 30.2 Å². The molecule has 0 unspecified atom stereocenters. The quantitative estimate of drug-likeness (QED) is 0.378. The molecule has 3 heterocycles. The van der Waals surface area contributed by atoms with E-state index in [2.05, 4.69) is 20.0 Å². The second kappa shape index (κ2) is 8.10. The van der Waals surface area contributed by atoms with Gasteiger partial charge in [0, 0.05) is 48.0 Å². The van der Waals surface area contributed by atoms with Gasteiger partial charge < -0.3 is 9.88 Å². The summed E-state index contributed by atoms with van der Waals surface area (Å²) in [4.78, 5) is 27.7. The largest absolute Gasteiger partial charge is 0.328 e. The number of aryl methyl sites for hydroxylation is 1. The number of anilines is 1. The van der Waals surface area contributed by atoms with Crippen LogP contribution in [0.15, 0.2) is 67.0 Å². The fourth-order valence-electron chi connectivity index (χ4n) is 3.90. The normalized spacial score (nSPS) is 12.9. The number of carbonyl (C=O) groups excluding carboxylic acids is 1. The van der Waals surface area contributed by atoms with Gasteiger partial charge in [-0.1, -0.05) is 6.07 Å². The Kier molecular flexibility index (Phi) is 4.98. The minimum Gasteiger partial charge on any atom is -0.328 e. The van der Waals surface area contributed by atoms with Crippen LogP contribution in [0.1, 0.15) is 29.0 Å². The molecule has 4 aromatic rings. The van der Waals surface area contributed by atoms with E-state index in [1.807, 2.05) is 30.5 Å². The number of nitrogens with zero attached hydrogens (tertiary/aromatic N) is 5. The number of nitro groups is 1. The Morgan fingerprint density at radius 1 is 1.09 bits per heavy atom. The number of aromatic nitrogens is 4. The van der Waals surface area contributed by atoms with E-state index in [0.717, 1.165) is 30.8 Å². The molecule has 1 aliphatic heterocycles. The Hall–Kier alpha value is -4.27. The number of imidazole rings is 1. The zero-order chi connectivity index (χ0) is 22.1. The van der Waals surface area contributed by atoms with Crippen molar-refractivity contribution in [2.24, 2.45) is 0 Å². The lowest BCUT2D eigenvalue weighted by molar-refractivity contribution is -0.384. The Labute approximate surface area is 183 Å². The molecule has 0 spiro atoms. The standard InChI is InChI=1S/C23H20N6O3/c30-23(21-11-13-28(26-21)18-5-3-6-19(14-18)29(31)32)25-17-9-7-16(8-10-17)22-24-15-20-4-1-2-12-27(20)22/h3,5-11,13-15H,1-2,4,12H2,(H,25,30). The minimum absolute atomic E-state index is 0.0390. The van der Waals surface area contributed by atoms with E-state index in [1.165, 1.54) is 28.9 Å². The smallest absolute Gasteiger partial charge is 0.276 e. The highest BCUT2D eigenvalue weighted by Gasteiger charge is 2.16. The molecule has 9 heteroatoms. The summed E-state index contributed by atoms with van der Waals surface area (Å²) in [6, 6.07) is 15.2. The average Bonchev–Trinajstić information content (AvgIpc) is 3.48. The van der Waals surface area contributed by atoms with Crippen molar-refractivity contribution in [2.75, 3.05) is 5.32 Å². The van der Waals surface area contributed by atoms with Gasteiger partial charge in [0.25, 0.3) is 11.6 Å². The summed E-state index contributed by atoms with van der Waals surface area (Å²) in [7, 11) is 0. The van der Waals surface area contributed by atoms with E-state index in [-0.39, 0.29) is 17.3 Å². The third kappa shape index (κ3) is 3.76. The van der Waals surface area contributed by atoms with Gasteiger partial charge >= 0.3 is 0 Å². The molecule has 1 N–H and O–H groups in total. The first-order chi connectivity index (χ1) is 15.6. The van der Waals surface area contributed by atoms with Gasteiger partial charge in [0.15, 0.2) is 5.69 Å². The van der Waals surface area contributed by atoms with Gasteiger partial charge in [-0.15, -0.1) is 0 Å². The predicted molar refractivity (Wildman–Crippen MR) is 119 cm³/mol. The first-order valence-corrected chi connectivity index (χ1v) is 10.4. The summed E-state index contributed by atoms with van der Waals surface area (Å²) in [6.45, 7) is 0.983. The van der Waals surface area contributed by atoms with Crippen molar-refractivity contribution in [1.82, 2.24) is 19.3 Å². The minimum atomic E-state index is -0.469. The molecule has 1 aliphatic rings. The maximum Gasteiger partial charge on any atom is 0.276 e. The summed E-state index contributed by atoms with van der Waals surface area (Å²) in [5.41, 5.74) is 3.60. The van der Waals surface area contributed by atoms with Crippen LogP contribution < -0.4 is 5.32 Å². The fraction of sp³-hybridized carbons (Fsp3) is 0.174. The molecule has 1 amide bonds. The van der Waals surface area contributed by atoms with Crippen molar-refractivity contribution in [1.29, 1.82) is 0 Å². The van der Waals surface area contributed by atoms with Crippen molar-refractivity contribution < 1.29 is 9.72 Å². The lowest BCUT2D eigenvalue weighted by atomic mass is 10.1. The van der Waals surface area contributed by atoms with Crippen molar-refractivity contribution >= 4 is 17.3 Å².